The van der Waals surface area contributed by atoms with Gasteiger partial charge in [-0.25, -0.2) is 0 Å². The van der Waals surface area contributed by atoms with Gasteiger partial charge in [-0.05, 0) is 25.8 Å². The fourth-order valence-electron chi connectivity index (χ4n) is 0.901. The summed E-state index contributed by atoms with van der Waals surface area (Å²) < 4.78 is 11.5. The van der Waals surface area contributed by atoms with Crippen molar-refractivity contribution in [1.82, 2.24) is 4.90 Å². The normalized spacial score (nSPS) is 18.3. The minimum atomic E-state index is -0.139. The standard InChI is InChI=1S/C7H14FN/c8-4-2-1-3-5-9-6-7-9/h1-7H2. The zero-order valence-corrected chi connectivity index (χ0v) is 5.77. The van der Waals surface area contributed by atoms with Crippen molar-refractivity contribution in [3.63, 3.8) is 0 Å². The van der Waals surface area contributed by atoms with Crippen molar-refractivity contribution >= 4 is 0 Å². The van der Waals surface area contributed by atoms with E-state index in [0.29, 0.717) is 0 Å². The summed E-state index contributed by atoms with van der Waals surface area (Å²) in [6.07, 6.45) is 3.00. The third-order valence-electron chi connectivity index (χ3n) is 1.65. The predicted molar refractivity (Wildman–Crippen MR) is 36.3 cm³/mol. The third-order valence-corrected chi connectivity index (χ3v) is 1.65. The van der Waals surface area contributed by atoms with E-state index in [2.05, 4.69) is 4.90 Å². The van der Waals surface area contributed by atoms with Gasteiger partial charge in [0.1, 0.15) is 0 Å². The van der Waals surface area contributed by atoms with Crippen LogP contribution in [0.2, 0.25) is 0 Å². The lowest BCUT2D eigenvalue weighted by Crippen LogP contribution is -1.98. The summed E-state index contributed by atoms with van der Waals surface area (Å²) in [6, 6.07) is 0. The van der Waals surface area contributed by atoms with Crippen LogP contribution in [0.25, 0.3) is 0 Å². The average Bonchev–Trinajstić information content (AvgIpc) is 2.63. The predicted octanol–water partition coefficient (Wildman–Crippen LogP) is 1.44. The van der Waals surface area contributed by atoms with E-state index >= 15 is 0 Å². The number of hydrogen-bond acceptors (Lipinski definition) is 1. The van der Waals surface area contributed by atoms with Crippen molar-refractivity contribution in [2.45, 2.75) is 19.3 Å². The lowest BCUT2D eigenvalue weighted by Gasteiger charge is -1.97. The number of unbranched alkanes of at least 4 members (excludes halogenated alkanes) is 2. The Hall–Kier alpha value is -0.110. The summed E-state index contributed by atoms with van der Waals surface area (Å²) in [5.41, 5.74) is 0. The van der Waals surface area contributed by atoms with E-state index < -0.39 is 0 Å². The minimum Gasteiger partial charge on any atom is -0.301 e. The van der Waals surface area contributed by atoms with Gasteiger partial charge in [-0.2, -0.15) is 0 Å². The van der Waals surface area contributed by atoms with Crippen LogP contribution in [0, 0.1) is 0 Å². The van der Waals surface area contributed by atoms with E-state index in [-0.39, 0.29) is 6.67 Å². The molecule has 9 heavy (non-hydrogen) atoms. The lowest BCUT2D eigenvalue weighted by molar-refractivity contribution is 0.438. The second kappa shape index (κ2) is 3.83. The molecule has 1 fully saturated rings. The fourth-order valence-corrected chi connectivity index (χ4v) is 0.901. The first-order valence-electron chi connectivity index (χ1n) is 3.72. The summed E-state index contributed by atoms with van der Waals surface area (Å²) >= 11 is 0. The molecular formula is C7H14FN. The van der Waals surface area contributed by atoms with Gasteiger partial charge in [0.25, 0.3) is 0 Å². The van der Waals surface area contributed by atoms with E-state index in [1.165, 1.54) is 26.1 Å². The molecule has 0 saturated carbocycles. The molecule has 2 heteroatoms. The Balaban J connectivity index is 1.71. The van der Waals surface area contributed by atoms with Crippen molar-refractivity contribution < 1.29 is 4.39 Å². The molecule has 1 aliphatic rings. The summed E-state index contributed by atoms with van der Waals surface area (Å²) in [4.78, 5) is 2.37. The molecule has 0 bridgehead atoms. The molecule has 0 unspecified atom stereocenters. The topological polar surface area (TPSA) is 3.01 Å². The minimum absolute atomic E-state index is 0.139. The zero-order valence-electron chi connectivity index (χ0n) is 5.77. The zero-order chi connectivity index (χ0) is 6.53. The van der Waals surface area contributed by atoms with E-state index in [4.69, 9.17) is 0 Å². The highest BCUT2D eigenvalue weighted by Gasteiger charge is 2.14. The molecule has 0 aromatic rings. The average molecular weight is 131 g/mol. The highest BCUT2D eigenvalue weighted by molar-refractivity contribution is 4.71. The van der Waals surface area contributed by atoms with Crippen LogP contribution in [0.15, 0.2) is 0 Å². The summed E-state index contributed by atoms with van der Waals surface area (Å²) in [5.74, 6) is 0. The molecule has 1 rings (SSSR count). The second-order valence-electron chi connectivity index (χ2n) is 2.59. The quantitative estimate of drug-likeness (QED) is 0.403. The maximum absolute atomic E-state index is 11.5. The number of nitrogens with zero attached hydrogens (tertiary/aromatic N) is 1. The molecule has 1 nitrogen and oxygen atoms in total. The van der Waals surface area contributed by atoms with Gasteiger partial charge in [-0.15, -0.1) is 0 Å². The first-order chi connectivity index (χ1) is 4.43. The molecule has 0 aromatic heterocycles. The summed E-state index contributed by atoms with van der Waals surface area (Å²) in [5, 5.41) is 0. The molecule has 0 spiro atoms. The highest BCUT2D eigenvalue weighted by Crippen LogP contribution is 2.06. The molecule has 0 atom stereocenters. The van der Waals surface area contributed by atoms with Gasteiger partial charge in [-0.3, -0.25) is 4.39 Å². The Morgan fingerprint density at radius 3 is 2.44 bits per heavy atom. The van der Waals surface area contributed by atoms with E-state index in [9.17, 15) is 4.39 Å². The molecular weight excluding hydrogens is 117 g/mol. The van der Waals surface area contributed by atoms with Crippen LogP contribution < -0.4 is 0 Å². The van der Waals surface area contributed by atoms with Crippen LogP contribution in [0.5, 0.6) is 0 Å². The van der Waals surface area contributed by atoms with Gasteiger partial charge in [0, 0.05) is 13.1 Å². The summed E-state index contributed by atoms with van der Waals surface area (Å²) in [7, 11) is 0. The van der Waals surface area contributed by atoms with Crippen molar-refractivity contribution in [2.75, 3.05) is 26.3 Å². The highest BCUT2D eigenvalue weighted by atomic mass is 19.1. The van der Waals surface area contributed by atoms with Gasteiger partial charge in [0.15, 0.2) is 0 Å². The molecule has 54 valence electrons. The number of halogens is 1. The van der Waals surface area contributed by atoms with Crippen molar-refractivity contribution in [1.29, 1.82) is 0 Å². The number of rotatable bonds is 5. The van der Waals surface area contributed by atoms with E-state index in [1.54, 1.807) is 0 Å². The number of alkyl halides is 1. The van der Waals surface area contributed by atoms with Crippen molar-refractivity contribution in [2.24, 2.45) is 0 Å². The maximum atomic E-state index is 11.5. The smallest absolute Gasteiger partial charge is 0.0894 e. The van der Waals surface area contributed by atoms with Gasteiger partial charge < -0.3 is 4.90 Å². The molecule has 1 heterocycles. The molecule has 0 N–H and O–H groups in total. The van der Waals surface area contributed by atoms with Crippen LogP contribution in [0.4, 0.5) is 4.39 Å². The van der Waals surface area contributed by atoms with Gasteiger partial charge >= 0.3 is 0 Å². The fraction of sp³-hybridized carbons (Fsp3) is 1.00. The molecule has 0 aromatic carbocycles. The Morgan fingerprint density at radius 1 is 1.11 bits per heavy atom. The molecule has 1 aliphatic heterocycles. The first kappa shape index (κ1) is 7.00. The molecule has 1 saturated heterocycles. The summed E-state index contributed by atoms with van der Waals surface area (Å²) in [6.45, 7) is 3.60. The van der Waals surface area contributed by atoms with Gasteiger partial charge in [0.05, 0.1) is 6.67 Å². The Kier molecular flexibility index (Phi) is 2.98. The van der Waals surface area contributed by atoms with E-state index in [1.807, 2.05) is 0 Å². The van der Waals surface area contributed by atoms with Crippen LogP contribution in [-0.4, -0.2) is 31.2 Å². The van der Waals surface area contributed by atoms with Crippen molar-refractivity contribution in [3.8, 4) is 0 Å². The third kappa shape index (κ3) is 3.46. The molecule has 0 radical (unpaired) electrons. The van der Waals surface area contributed by atoms with Crippen molar-refractivity contribution in [3.05, 3.63) is 0 Å². The maximum Gasteiger partial charge on any atom is 0.0894 e. The Bertz CT molecular complexity index is 71.3. The monoisotopic (exact) mass is 131 g/mol. The molecule has 0 amide bonds. The van der Waals surface area contributed by atoms with Crippen LogP contribution in [-0.2, 0) is 0 Å². The Labute approximate surface area is 55.8 Å². The van der Waals surface area contributed by atoms with Gasteiger partial charge in [-0.1, -0.05) is 0 Å². The van der Waals surface area contributed by atoms with Crippen LogP contribution in [0.1, 0.15) is 19.3 Å². The Morgan fingerprint density at radius 2 is 1.89 bits per heavy atom. The lowest BCUT2D eigenvalue weighted by atomic mass is 10.2. The second-order valence-corrected chi connectivity index (χ2v) is 2.59. The van der Waals surface area contributed by atoms with Gasteiger partial charge in [0.2, 0.25) is 0 Å². The van der Waals surface area contributed by atoms with Crippen LogP contribution in [0.3, 0.4) is 0 Å². The van der Waals surface area contributed by atoms with Crippen LogP contribution >= 0.6 is 0 Å². The molecule has 0 aliphatic carbocycles. The number of hydrogen-bond donors (Lipinski definition) is 0. The SMILES string of the molecule is FCCCCCN1CC1. The largest absolute Gasteiger partial charge is 0.301 e. The first-order valence-corrected chi connectivity index (χ1v) is 3.72. The van der Waals surface area contributed by atoms with E-state index in [0.717, 1.165) is 12.8 Å².